The van der Waals surface area contributed by atoms with E-state index in [4.69, 9.17) is 0 Å². The van der Waals surface area contributed by atoms with Crippen LogP contribution in [-0.2, 0) is 0 Å². The molecule has 0 aromatic rings. The van der Waals surface area contributed by atoms with Crippen molar-refractivity contribution in [1.82, 2.24) is 0 Å². The quantitative estimate of drug-likeness (QED) is 0.550. The molecule has 71 valence electrons. The van der Waals surface area contributed by atoms with Crippen molar-refractivity contribution in [3.63, 3.8) is 0 Å². The molecule has 0 N–H and O–H groups in total. The summed E-state index contributed by atoms with van der Waals surface area (Å²) in [7, 11) is 0. The molecule has 2 unspecified atom stereocenters. The first-order chi connectivity index (χ1) is 5.83. The van der Waals surface area contributed by atoms with Crippen molar-refractivity contribution in [2.45, 2.75) is 58.8 Å². The third kappa shape index (κ3) is 3.60. The summed E-state index contributed by atoms with van der Waals surface area (Å²) >= 11 is 0. The molecule has 0 amide bonds. The second kappa shape index (κ2) is 5.61. The second-order valence-corrected chi connectivity index (χ2v) is 4.48. The topological polar surface area (TPSA) is 0 Å². The first-order valence-corrected chi connectivity index (χ1v) is 5.60. The van der Waals surface area contributed by atoms with Gasteiger partial charge >= 0.3 is 0 Å². The molecule has 0 nitrogen and oxygen atoms in total. The molecule has 1 rings (SSSR count). The molecular formula is C12H23. The van der Waals surface area contributed by atoms with E-state index >= 15 is 0 Å². The van der Waals surface area contributed by atoms with Crippen LogP contribution in [0.15, 0.2) is 0 Å². The molecule has 1 aliphatic rings. The number of hydrogen-bond acceptors (Lipinski definition) is 0. The lowest BCUT2D eigenvalue weighted by Crippen LogP contribution is -2.12. The van der Waals surface area contributed by atoms with Crippen LogP contribution in [0.5, 0.6) is 0 Å². The molecule has 0 aromatic carbocycles. The highest BCUT2D eigenvalue weighted by molar-refractivity contribution is 4.71. The smallest absolute Gasteiger partial charge is 0.0412 e. The molecule has 1 radical (unpaired) electrons. The molecule has 0 saturated heterocycles. The van der Waals surface area contributed by atoms with Gasteiger partial charge in [0.05, 0.1) is 0 Å². The van der Waals surface area contributed by atoms with E-state index < -0.39 is 0 Å². The standard InChI is InChI=1S/C12H23/c1-3-4-5-8-12-9-6-7-11(2)10-12/h3,11-12H,4-10H2,1-2H3. The van der Waals surface area contributed by atoms with Crippen molar-refractivity contribution in [2.75, 3.05) is 0 Å². The van der Waals surface area contributed by atoms with Gasteiger partial charge in [0.15, 0.2) is 0 Å². The number of hydrogen-bond donors (Lipinski definition) is 0. The summed E-state index contributed by atoms with van der Waals surface area (Å²) in [6.07, 6.45) is 12.5. The van der Waals surface area contributed by atoms with E-state index in [0.29, 0.717) is 0 Å². The van der Waals surface area contributed by atoms with Crippen LogP contribution in [0.2, 0.25) is 0 Å². The van der Waals surface area contributed by atoms with Gasteiger partial charge in [-0.15, -0.1) is 0 Å². The summed E-state index contributed by atoms with van der Waals surface area (Å²) in [4.78, 5) is 0. The van der Waals surface area contributed by atoms with Gasteiger partial charge in [-0.25, -0.2) is 0 Å². The summed E-state index contributed by atoms with van der Waals surface area (Å²) in [5.74, 6) is 2.07. The summed E-state index contributed by atoms with van der Waals surface area (Å²) in [6.45, 7) is 4.58. The normalized spacial score (nSPS) is 30.5. The third-order valence-electron chi connectivity index (χ3n) is 3.15. The summed E-state index contributed by atoms with van der Waals surface area (Å²) in [5.41, 5.74) is 0. The van der Waals surface area contributed by atoms with Crippen molar-refractivity contribution in [2.24, 2.45) is 11.8 Å². The maximum atomic E-state index is 2.41. The molecule has 0 aromatic heterocycles. The largest absolute Gasteiger partial charge is 0.0625 e. The highest BCUT2D eigenvalue weighted by Gasteiger charge is 2.17. The lowest BCUT2D eigenvalue weighted by molar-refractivity contribution is 0.266. The lowest BCUT2D eigenvalue weighted by Gasteiger charge is -2.26. The fourth-order valence-electron chi connectivity index (χ4n) is 2.43. The van der Waals surface area contributed by atoms with E-state index in [-0.39, 0.29) is 0 Å². The first kappa shape index (κ1) is 10.1. The van der Waals surface area contributed by atoms with Crippen LogP contribution in [0.1, 0.15) is 58.8 Å². The van der Waals surface area contributed by atoms with Gasteiger partial charge < -0.3 is 0 Å². The minimum atomic E-state index is 1.01. The van der Waals surface area contributed by atoms with Crippen LogP contribution in [0.4, 0.5) is 0 Å². The Morgan fingerprint density at radius 1 is 1.33 bits per heavy atom. The van der Waals surface area contributed by atoms with Gasteiger partial charge in [-0.2, -0.15) is 0 Å². The maximum absolute atomic E-state index is 2.41. The van der Waals surface area contributed by atoms with Gasteiger partial charge in [-0.1, -0.05) is 52.4 Å². The SMILES string of the molecule is C[CH]CCCC1CCCC(C)C1. The van der Waals surface area contributed by atoms with Crippen molar-refractivity contribution >= 4 is 0 Å². The Kier molecular flexibility index (Phi) is 4.72. The number of rotatable bonds is 4. The van der Waals surface area contributed by atoms with Crippen LogP contribution < -0.4 is 0 Å². The Balaban J connectivity index is 2.06. The molecule has 1 saturated carbocycles. The van der Waals surface area contributed by atoms with Crippen molar-refractivity contribution < 1.29 is 0 Å². The third-order valence-corrected chi connectivity index (χ3v) is 3.15. The average molecular weight is 167 g/mol. The first-order valence-electron chi connectivity index (χ1n) is 5.60. The molecule has 1 aliphatic carbocycles. The fraction of sp³-hybridized carbons (Fsp3) is 0.917. The zero-order chi connectivity index (χ0) is 8.81. The van der Waals surface area contributed by atoms with Gasteiger partial charge in [0.1, 0.15) is 0 Å². The fourth-order valence-corrected chi connectivity index (χ4v) is 2.43. The van der Waals surface area contributed by atoms with E-state index in [1.165, 1.54) is 44.9 Å². The molecular weight excluding hydrogens is 144 g/mol. The van der Waals surface area contributed by atoms with E-state index in [1.807, 2.05) is 0 Å². The van der Waals surface area contributed by atoms with Crippen LogP contribution in [0.3, 0.4) is 0 Å². The Morgan fingerprint density at radius 2 is 2.17 bits per heavy atom. The van der Waals surface area contributed by atoms with E-state index in [2.05, 4.69) is 20.3 Å². The molecule has 1 fully saturated rings. The van der Waals surface area contributed by atoms with Gasteiger partial charge in [-0.05, 0) is 24.7 Å². The molecule has 2 atom stereocenters. The maximum Gasteiger partial charge on any atom is -0.0412 e. The molecule has 0 aliphatic heterocycles. The molecule has 0 bridgehead atoms. The summed E-state index contributed by atoms with van der Waals surface area (Å²) in [6, 6.07) is 0. The average Bonchev–Trinajstić information content (AvgIpc) is 2.05. The lowest BCUT2D eigenvalue weighted by atomic mass is 9.80. The van der Waals surface area contributed by atoms with Crippen LogP contribution in [0.25, 0.3) is 0 Å². The number of unbranched alkanes of at least 4 members (excludes halogenated alkanes) is 2. The van der Waals surface area contributed by atoms with Gasteiger partial charge in [0.25, 0.3) is 0 Å². The summed E-state index contributed by atoms with van der Waals surface area (Å²) in [5, 5.41) is 0. The molecule has 12 heavy (non-hydrogen) atoms. The van der Waals surface area contributed by atoms with Crippen LogP contribution in [-0.4, -0.2) is 0 Å². The van der Waals surface area contributed by atoms with Gasteiger partial charge in [0, 0.05) is 0 Å². The van der Waals surface area contributed by atoms with Crippen LogP contribution in [0, 0.1) is 18.3 Å². The Hall–Kier alpha value is 0. The zero-order valence-electron chi connectivity index (χ0n) is 8.68. The predicted molar refractivity (Wildman–Crippen MR) is 54.9 cm³/mol. The highest BCUT2D eigenvalue weighted by atomic mass is 14.2. The monoisotopic (exact) mass is 167 g/mol. The van der Waals surface area contributed by atoms with E-state index in [0.717, 1.165) is 11.8 Å². The highest BCUT2D eigenvalue weighted by Crippen LogP contribution is 2.31. The Morgan fingerprint density at radius 3 is 2.83 bits per heavy atom. The van der Waals surface area contributed by atoms with Gasteiger partial charge in [-0.3, -0.25) is 0 Å². The van der Waals surface area contributed by atoms with Crippen molar-refractivity contribution in [1.29, 1.82) is 0 Å². The molecule has 0 heteroatoms. The van der Waals surface area contributed by atoms with E-state index in [9.17, 15) is 0 Å². The minimum Gasteiger partial charge on any atom is -0.0625 e. The predicted octanol–water partition coefficient (Wildman–Crippen LogP) is 4.21. The zero-order valence-corrected chi connectivity index (χ0v) is 8.68. The van der Waals surface area contributed by atoms with Gasteiger partial charge in [0.2, 0.25) is 0 Å². The minimum absolute atomic E-state index is 1.01. The van der Waals surface area contributed by atoms with Crippen LogP contribution >= 0.6 is 0 Å². The van der Waals surface area contributed by atoms with Crippen molar-refractivity contribution in [3.8, 4) is 0 Å². The Bertz CT molecular complexity index is 107. The Labute approximate surface area is 77.7 Å². The van der Waals surface area contributed by atoms with E-state index in [1.54, 1.807) is 0 Å². The molecule has 0 heterocycles. The molecule has 0 spiro atoms. The van der Waals surface area contributed by atoms with Crippen molar-refractivity contribution in [3.05, 3.63) is 6.42 Å². The second-order valence-electron chi connectivity index (χ2n) is 4.48. The summed E-state index contributed by atoms with van der Waals surface area (Å²) < 4.78 is 0.